The van der Waals surface area contributed by atoms with Crippen molar-refractivity contribution < 1.29 is 22.9 Å². The summed E-state index contributed by atoms with van der Waals surface area (Å²) < 4.78 is 15.0. The smallest absolute Gasteiger partial charge is 0.467 e. The molecule has 0 spiro atoms. The largest absolute Gasteiger partial charge is 0.619 e. The Balaban J connectivity index is 4.09. The van der Waals surface area contributed by atoms with Gasteiger partial charge < -0.3 is 13.3 Å². The van der Waals surface area contributed by atoms with E-state index in [9.17, 15) is 9.59 Å². The van der Waals surface area contributed by atoms with Gasteiger partial charge in [-0.2, -0.15) is 0 Å². The predicted molar refractivity (Wildman–Crippen MR) is 60.7 cm³/mol. The summed E-state index contributed by atoms with van der Waals surface area (Å²) in [5, 5.41) is 0. The highest BCUT2D eigenvalue weighted by Gasteiger charge is 2.23. The number of rotatable bonds is 7. The highest BCUT2D eigenvalue weighted by molar-refractivity contribution is 6.41. The zero-order chi connectivity index (χ0) is 12.6. The van der Waals surface area contributed by atoms with E-state index < -0.39 is 21.5 Å². The molecule has 0 atom stereocenters. The third-order valence-electron chi connectivity index (χ3n) is 2.15. The molecule has 0 rings (SSSR count). The fraction of sp³-hybridized carbons (Fsp3) is 0.800. The van der Waals surface area contributed by atoms with Crippen LogP contribution in [0.25, 0.3) is 0 Å². The van der Waals surface area contributed by atoms with Crippen LogP contribution in [-0.2, 0) is 22.9 Å². The molecule has 0 N–H and O–H groups in total. The lowest BCUT2D eigenvalue weighted by Gasteiger charge is -2.18. The van der Waals surface area contributed by atoms with E-state index in [0.717, 1.165) is 12.8 Å². The third-order valence-corrected chi connectivity index (χ3v) is 3.66. The number of carbonyl (C=O) groups excluding carboxylic acids is 2. The number of hydrogen-bond acceptors (Lipinski definition) is 5. The fourth-order valence-electron chi connectivity index (χ4n) is 1.10. The van der Waals surface area contributed by atoms with Gasteiger partial charge in [0, 0.05) is 20.5 Å². The van der Waals surface area contributed by atoms with Crippen molar-refractivity contribution in [2.45, 2.75) is 40.5 Å². The van der Waals surface area contributed by atoms with Gasteiger partial charge in [-0.15, -0.1) is 0 Å². The average Bonchev–Trinajstić information content (AvgIpc) is 2.17. The molecule has 0 aromatic carbocycles. The van der Waals surface area contributed by atoms with Crippen LogP contribution in [0, 0.1) is 5.92 Å². The van der Waals surface area contributed by atoms with Gasteiger partial charge in [-0.1, -0.05) is 26.7 Å². The molecular formula is C10H20O5Si. The predicted octanol–water partition coefficient (Wildman–Crippen LogP) is 1.28. The van der Waals surface area contributed by atoms with Crippen LogP contribution in [0.4, 0.5) is 0 Å². The van der Waals surface area contributed by atoms with E-state index in [1.807, 2.05) is 0 Å². The van der Waals surface area contributed by atoms with Crippen molar-refractivity contribution in [2.24, 2.45) is 5.92 Å². The van der Waals surface area contributed by atoms with E-state index >= 15 is 0 Å². The quantitative estimate of drug-likeness (QED) is 0.635. The maximum Gasteiger partial charge on any atom is 0.619 e. The van der Waals surface area contributed by atoms with Crippen molar-refractivity contribution in [2.75, 3.05) is 6.61 Å². The summed E-state index contributed by atoms with van der Waals surface area (Å²) in [6, 6.07) is 0. The Labute approximate surface area is 98.0 Å². The molecule has 0 radical (unpaired) electrons. The second kappa shape index (κ2) is 8.29. The molecule has 0 unspecified atom stereocenters. The molecular weight excluding hydrogens is 228 g/mol. The van der Waals surface area contributed by atoms with Crippen LogP contribution >= 0.6 is 0 Å². The van der Waals surface area contributed by atoms with Crippen molar-refractivity contribution in [1.82, 2.24) is 0 Å². The Morgan fingerprint density at radius 2 is 1.50 bits per heavy atom. The summed E-state index contributed by atoms with van der Waals surface area (Å²) in [5.74, 6) is -0.564. The van der Waals surface area contributed by atoms with E-state index in [0.29, 0.717) is 12.5 Å². The van der Waals surface area contributed by atoms with Crippen molar-refractivity contribution in [3.05, 3.63) is 0 Å². The summed E-state index contributed by atoms with van der Waals surface area (Å²) in [6.45, 7) is 7.12. The summed E-state index contributed by atoms with van der Waals surface area (Å²) >= 11 is 0. The van der Waals surface area contributed by atoms with E-state index in [1.165, 1.54) is 13.8 Å². The van der Waals surface area contributed by atoms with Gasteiger partial charge in [-0.25, -0.2) is 0 Å². The molecule has 0 fully saturated rings. The highest BCUT2D eigenvalue weighted by Crippen LogP contribution is 2.09. The average molecular weight is 248 g/mol. The molecule has 0 bridgehead atoms. The van der Waals surface area contributed by atoms with Crippen LogP contribution < -0.4 is 0 Å². The molecule has 94 valence electrons. The molecule has 5 nitrogen and oxygen atoms in total. The molecule has 0 heterocycles. The van der Waals surface area contributed by atoms with E-state index in [1.54, 1.807) is 0 Å². The van der Waals surface area contributed by atoms with E-state index in [-0.39, 0.29) is 0 Å². The first kappa shape index (κ1) is 15.1. The maximum absolute atomic E-state index is 10.8. The maximum atomic E-state index is 10.8. The Kier molecular flexibility index (Phi) is 7.83. The van der Waals surface area contributed by atoms with Crippen molar-refractivity contribution in [3.8, 4) is 0 Å². The lowest BCUT2D eigenvalue weighted by molar-refractivity contribution is -0.141. The summed E-state index contributed by atoms with van der Waals surface area (Å²) in [5.41, 5.74) is 0. The molecule has 0 aliphatic heterocycles. The Morgan fingerprint density at radius 1 is 1.06 bits per heavy atom. The first-order valence-electron chi connectivity index (χ1n) is 5.45. The van der Waals surface area contributed by atoms with Crippen LogP contribution in [0.1, 0.15) is 40.5 Å². The van der Waals surface area contributed by atoms with Gasteiger partial charge in [-0.05, 0) is 5.92 Å². The second-order valence-corrected chi connectivity index (χ2v) is 4.91. The van der Waals surface area contributed by atoms with Crippen LogP contribution in [0.3, 0.4) is 0 Å². The molecule has 0 amide bonds. The Hall–Kier alpha value is -0.883. The summed E-state index contributed by atoms with van der Waals surface area (Å²) in [7, 11) is -2.63. The summed E-state index contributed by atoms with van der Waals surface area (Å²) in [4.78, 5) is 21.5. The zero-order valence-electron chi connectivity index (χ0n) is 10.3. The molecule has 0 saturated carbocycles. The van der Waals surface area contributed by atoms with Gasteiger partial charge in [0.05, 0.1) is 0 Å². The highest BCUT2D eigenvalue weighted by atomic mass is 28.3. The molecule has 0 aromatic heterocycles. The van der Waals surface area contributed by atoms with Crippen LogP contribution in [0.15, 0.2) is 0 Å². The van der Waals surface area contributed by atoms with Crippen molar-refractivity contribution in [1.29, 1.82) is 0 Å². The van der Waals surface area contributed by atoms with Gasteiger partial charge in [0.1, 0.15) is 0 Å². The monoisotopic (exact) mass is 248 g/mol. The second-order valence-electron chi connectivity index (χ2n) is 3.52. The first-order chi connectivity index (χ1) is 7.49. The van der Waals surface area contributed by atoms with Gasteiger partial charge in [0.15, 0.2) is 0 Å². The van der Waals surface area contributed by atoms with E-state index in [2.05, 4.69) is 13.8 Å². The van der Waals surface area contributed by atoms with Gasteiger partial charge in [-0.3, -0.25) is 9.59 Å². The van der Waals surface area contributed by atoms with Gasteiger partial charge in [0.25, 0.3) is 11.9 Å². The molecule has 0 saturated heterocycles. The third kappa shape index (κ3) is 7.41. The first-order valence-corrected chi connectivity index (χ1v) is 6.87. The number of carbonyl (C=O) groups is 2. The SMILES string of the molecule is CCC(CC)CO[SiH](OC(C)=O)OC(C)=O. The van der Waals surface area contributed by atoms with Crippen LogP contribution in [0.5, 0.6) is 0 Å². The van der Waals surface area contributed by atoms with E-state index in [4.69, 9.17) is 13.3 Å². The number of hydrogen-bond donors (Lipinski definition) is 0. The zero-order valence-corrected chi connectivity index (χ0v) is 11.5. The minimum atomic E-state index is -2.63. The fourth-order valence-corrected chi connectivity index (χ4v) is 2.26. The lowest BCUT2D eigenvalue weighted by atomic mass is 10.1. The standard InChI is InChI=1S/C10H20O5Si/c1-5-10(6-2)7-13-16(14-8(3)11)15-9(4)12/h10,16H,5-7H2,1-4H3. The van der Waals surface area contributed by atoms with Crippen molar-refractivity contribution >= 4 is 21.5 Å². The van der Waals surface area contributed by atoms with Gasteiger partial charge in [0.2, 0.25) is 0 Å². The molecule has 0 aliphatic rings. The minimum Gasteiger partial charge on any atom is -0.467 e. The minimum absolute atomic E-state index is 0.404. The molecule has 6 heteroatoms. The summed E-state index contributed by atoms with van der Waals surface area (Å²) in [6.07, 6.45) is 1.97. The van der Waals surface area contributed by atoms with Crippen molar-refractivity contribution in [3.63, 3.8) is 0 Å². The molecule has 16 heavy (non-hydrogen) atoms. The normalized spacial score (nSPS) is 10.6. The van der Waals surface area contributed by atoms with Crippen LogP contribution in [-0.4, -0.2) is 28.1 Å². The molecule has 0 aliphatic carbocycles. The van der Waals surface area contributed by atoms with Gasteiger partial charge >= 0.3 is 9.53 Å². The Bertz CT molecular complexity index is 211. The van der Waals surface area contributed by atoms with Crippen LogP contribution in [0.2, 0.25) is 0 Å². The topological polar surface area (TPSA) is 61.8 Å². The molecule has 0 aromatic rings. The lowest BCUT2D eigenvalue weighted by Crippen LogP contribution is -2.32. The Morgan fingerprint density at radius 3 is 1.81 bits per heavy atom.